The fourth-order valence-electron chi connectivity index (χ4n) is 3.52. The molecule has 0 spiro atoms. The monoisotopic (exact) mass is 402 g/mol. The smallest absolute Gasteiger partial charge is 0.347 e. The minimum atomic E-state index is -1.12. The van der Waals surface area contributed by atoms with Crippen molar-refractivity contribution in [1.82, 2.24) is 0 Å². The Bertz CT molecular complexity index is 1020. The molecule has 0 aliphatic carbocycles. The maximum atomic E-state index is 13.1. The van der Waals surface area contributed by atoms with Crippen molar-refractivity contribution in [2.75, 3.05) is 14.2 Å². The summed E-state index contributed by atoms with van der Waals surface area (Å²) in [5.74, 6) is -1.11. The van der Waals surface area contributed by atoms with Crippen LogP contribution in [0.4, 0.5) is 0 Å². The van der Waals surface area contributed by atoms with Gasteiger partial charge in [0.15, 0.2) is 0 Å². The molecule has 0 radical (unpaired) electrons. The molecule has 0 saturated heterocycles. The average molecular weight is 402 g/mol. The number of ether oxygens (including phenoxy) is 3. The second-order valence-corrected chi connectivity index (χ2v) is 6.94. The normalized spacial score (nSPS) is 10.6. The summed E-state index contributed by atoms with van der Waals surface area (Å²) in [7, 11) is 2.79. The zero-order chi connectivity index (χ0) is 22.2. The van der Waals surface area contributed by atoms with Crippen LogP contribution in [0, 0.1) is 41.5 Å². The van der Waals surface area contributed by atoms with Crippen molar-refractivity contribution in [3.05, 3.63) is 44.5 Å². The van der Waals surface area contributed by atoms with Crippen molar-refractivity contribution < 1.29 is 34.0 Å². The Kier molecular flexibility index (Phi) is 6.11. The topological polar surface area (TPSA) is 102 Å². The van der Waals surface area contributed by atoms with Gasteiger partial charge in [-0.25, -0.2) is 9.59 Å². The number of benzene rings is 2. The number of hydrogen-bond acceptors (Lipinski definition) is 6. The minimum absolute atomic E-state index is 0.0346. The highest BCUT2D eigenvalue weighted by atomic mass is 16.5. The summed E-state index contributed by atoms with van der Waals surface area (Å²) in [6, 6.07) is 0. The Labute approximate surface area is 169 Å². The van der Waals surface area contributed by atoms with Crippen LogP contribution in [0.5, 0.6) is 23.0 Å². The molecule has 29 heavy (non-hydrogen) atoms. The standard InChI is InChI=1S/C22H26O7/c1-9-11(3)17(23)13(5)19(27-7)16(9)22(26)29-18-12(4)10(2)15(21(24)25)20(28-8)14(18)6/h23H,1-8H3,(H,24,25). The lowest BCUT2D eigenvalue weighted by Crippen LogP contribution is -2.17. The second kappa shape index (κ2) is 8.03. The van der Waals surface area contributed by atoms with Gasteiger partial charge in [0.2, 0.25) is 0 Å². The second-order valence-electron chi connectivity index (χ2n) is 6.94. The fraction of sp³-hybridized carbons (Fsp3) is 0.364. The third-order valence-electron chi connectivity index (χ3n) is 5.42. The Morgan fingerprint density at radius 2 is 1.14 bits per heavy atom. The summed E-state index contributed by atoms with van der Waals surface area (Å²) in [6.07, 6.45) is 0. The summed E-state index contributed by atoms with van der Waals surface area (Å²) in [6.45, 7) is 10.0. The molecule has 0 bridgehead atoms. The first kappa shape index (κ1) is 22.1. The van der Waals surface area contributed by atoms with Gasteiger partial charge in [-0.2, -0.15) is 0 Å². The molecule has 0 atom stereocenters. The first-order valence-corrected chi connectivity index (χ1v) is 8.99. The van der Waals surface area contributed by atoms with Crippen molar-refractivity contribution in [3.63, 3.8) is 0 Å². The zero-order valence-corrected chi connectivity index (χ0v) is 17.9. The molecule has 2 aromatic rings. The predicted molar refractivity (Wildman–Crippen MR) is 108 cm³/mol. The highest BCUT2D eigenvalue weighted by Gasteiger charge is 2.28. The predicted octanol–water partition coefficient (Wildman–Crippen LogP) is 4.18. The first-order chi connectivity index (χ1) is 13.5. The van der Waals surface area contributed by atoms with E-state index in [0.717, 1.165) is 0 Å². The Morgan fingerprint density at radius 1 is 0.655 bits per heavy atom. The molecule has 0 aliphatic rings. The molecule has 0 fully saturated rings. The molecule has 2 aromatic carbocycles. The molecule has 0 aliphatic heterocycles. The third-order valence-corrected chi connectivity index (χ3v) is 5.42. The molecule has 0 unspecified atom stereocenters. The zero-order valence-electron chi connectivity index (χ0n) is 17.9. The van der Waals surface area contributed by atoms with E-state index in [-0.39, 0.29) is 34.1 Å². The van der Waals surface area contributed by atoms with Crippen LogP contribution in [0.25, 0.3) is 0 Å². The molecular formula is C22H26O7. The van der Waals surface area contributed by atoms with Gasteiger partial charge in [-0.3, -0.25) is 0 Å². The van der Waals surface area contributed by atoms with Gasteiger partial charge in [0, 0.05) is 11.1 Å². The molecule has 0 saturated carbocycles. The molecule has 7 nitrogen and oxygen atoms in total. The van der Waals surface area contributed by atoms with Gasteiger partial charge in [0.25, 0.3) is 0 Å². The van der Waals surface area contributed by atoms with Crippen molar-refractivity contribution in [1.29, 1.82) is 0 Å². The van der Waals surface area contributed by atoms with E-state index < -0.39 is 11.9 Å². The Hall–Kier alpha value is -3.22. The molecule has 0 amide bonds. The maximum absolute atomic E-state index is 13.1. The summed E-state index contributed by atoms with van der Waals surface area (Å²) >= 11 is 0. The number of carbonyl (C=O) groups is 2. The molecule has 7 heteroatoms. The van der Waals surface area contributed by atoms with E-state index in [9.17, 15) is 19.8 Å². The number of aromatic carboxylic acids is 1. The van der Waals surface area contributed by atoms with E-state index in [4.69, 9.17) is 14.2 Å². The third kappa shape index (κ3) is 3.48. The van der Waals surface area contributed by atoms with Gasteiger partial charge in [-0.1, -0.05) is 0 Å². The number of carboxylic acids is 1. The molecule has 156 valence electrons. The van der Waals surface area contributed by atoms with Crippen LogP contribution in [0.15, 0.2) is 0 Å². The number of aromatic hydroxyl groups is 1. The fourth-order valence-corrected chi connectivity index (χ4v) is 3.52. The Morgan fingerprint density at radius 3 is 1.62 bits per heavy atom. The molecule has 0 heterocycles. The van der Waals surface area contributed by atoms with Gasteiger partial charge in [-0.15, -0.1) is 0 Å². The van der Waals surface area contributed by atoms with E-state index in [1.807, 2.05) is 0 Å². The lowest BCUT2D eigenvalue weighted by atomic mass is 9.96. The summed E-state index contributed by atoms with van der Waals surface area (Å²) in [4.78, 5) is 24.8. The van der Waals surface area contributed by atoms with Crippen molar-refractivity contribution in [2.24, 2.45) is 0 Å². The number of carboxylic acid groups (broad SMARTS) is 1. The van der Waals surface area contributed by atoms with Gasteiger partial charge in [0.05, 0.1) is 14.2 Å². The highest BCUT2D eigenvalue weighted by molar-refractivity contribution is 5.98. The lowest BCUT2D eigenvalue weighted by Gasteiger charge is -2.21. The average Bonchev–Trinajstić information content (AvgIpc) is 2.68. The number of methoxy groups -OCH3 is 2. The van der Waals surface area contributed by atoms with Gasteiger partial charge >= 0.3 is 11.9 Å². The van der Waals surface area contributed by atoms with Crippen LogP contribution in [-0.2, 0) is 0 Å². The molecule has 2 N–H and O–H groups in total. The molecule has 0 aromatic heterocycles. The van der Waals surface area contributed by atoms with Gasteiger partial charge in [-0.05, 0) is 63.8 Å². The van der Waals surface area contributed by atoms with E-state index in [2.05, 4.69) is 0 Å². The quantitative estimate of drug-likeness (QED) is 0.571. The van der Waals surface area contributed by atoms with E-state index >= 15 is 0 Å². The van der Waals surface area contributed by atoms with E-state index in [1.54, 1.807) is 41.5 Å². The van der Waals surface area contributed by atoms with E-state index in [1.165, 1.54) is 14.2 Å². The van der Waals surface area contributed by atoms with Crippen LogP contribution in [0.2, 0.25) is 0 Å². The largest absolute Gasteiger partial charge is 0.507 e. The van der Waals surface area contributed by atoms with Crippen LogP contribution >= 0.6 is 0 Å². The van der Waals surface area contributed by atoms with Crippen LogP contribution < -0.4 is 14.2 Å². The summed E-state index contributed by atoms with van der Waals surface area (Å²) in [5.41, 5.74) is 3.15. The Balaban J connectivity index is 2.70. The number of rotatable bonds is 5. The molecular weight excluding hydrogens is 376 g/mol. The number of esters is 1. The number of carbonyl (C=O) groups excluding carboxylic acids is 1. The first-order valence-electron chi connectivity index (χ1n) is 8.99. The van der Waals surface area contributed by atoms with Crippen LogP contribution in [0.3, 0.4) is 0 Å². The maximum Gasteiger partial charge on any atom is 0.347 e. The summed E-state index contributed by atoms with van der Waals surface area (Å²) in [5, 5.41) is 19.8. The highest BCUT2D eigenvalue weighted by Crippen LogP contribution is 2.41. The van der Waals surface area contributed by atoms with Crippen molar-refractivity contribution in [3.8, 4) is 23.0 Å². The van der Waals surface area contributed by atoms with Crippen molar-refractivity contribution in [2.45, 2.75) is 41.5 Å². The number of phenols is 1. The minimum Gasteiger partial charge on any atom is -0.507 e. The van der Waals surface area contributed by atoms with Gasteiger partial charge in [0.1, 0.15) is 34.1 Å². The van der Waals surface area contributed by atoms with Crippen molar-refractivity contribution >= 4 is 11.9 Å². The number of phenolic OH excluding ortho intramolecular Hbond substituents is 1. The van der Waals surface area contributed by atoms with E-state index in [0.29, 0.717) is 33.4 Å². The molecule has 2 rings (SSSR count). The van der Waals surface area contributed by atoms with Crippen LogP contribution in [-0.4, -0.2) is 36.4 Å². The lowest BCUT2D eigenvalue weighted by molar-refractivity contribution is 0.0692. The summed E-state index contributed by atoms with van der Waals surface area (Å²) < 4.78 is 16.4. The number of hydrogen-bond donors (Lipinski definition) is 2. The van der Waals surface area contributed by atoms with Gasteiger partial charge < -0.3 is 24.4 Å². The van der Waals surface area contributed by atoms with Crippen LogP contribution in [0.1, 0.15) is 54.1 Å². The SMILES string of the molecule is COc1c(C)c(O)c(C)c(C)c1C(=O)Oc1c(C)c(C)c(C(=O)O)c(OC)c1C.